The van der Waals surface area contributed by atoms with E-state index >= 15 is 0 Å². The average molecular weight is 469 g/mol. The number of rotatable bonds is 5. The number of hydrogen-bond donors (Lipinski definition) is 0. The fraction of sp³-hybridized carbons (Fsp3) is 0.400. The predicted octanol–water partition coefficient (Wildman–Crippen LogP) is 3.49. The molecule has 7 nitrogen and oxygen atoms in total. The number of carbonyl (C=O) groups excluding carboxylic acids is 1. The molecule has 0 N–H and O–H groups in total. The van der Waals surface area contributed by atoms with Crippen molar-refractivity contribution >= 4 is 27.4 Å². The van der Waals surface area contributed by atoms with Gasteiger partial charge < -0.3 is 14.4 Å². The summed E-state index contributed by atoms with van der Waals surface area (Å²) in [6.07, 6.45) is 2.37. The molecule has 1 atom stereocenters. The molecule has 3 aliphatic rings. The lowest BCUT2D eigenvalue weighted by atomic mass is 10.0. The summed E-state index contributed by atoms with van der Waals surface area (Å²) in [5.41, 5.74) is 3.36. The summed E-state index contributed by atoms with van der Waals surface area (Å²) in [5, 5.41) is 0. The molecule has 0 aromatic heterocycles. The van der Waals surface area contributed by atoms with Crippen molar-refractivity contribution in [2.45, 2.75) is 32.9 Å². The van der Waals surface area contributed by atoms with E-state index in [1.54, 1.807) is 18.2 Å². The largest absolute Gasteiger partial charge is 0.478 e. The van der Waals surface area contributed by atoms with E-state index in [0.717, 1.165) is 29.9 Å². The van der Waals surface area contributed by atoms with Crippen molar-refractivity contribution in [1.82, 2.24) is 4.90 Å². The van der Waals surface area contributed by atoms with Crippen LogP contribution in [-0.4, -0.2) is 56.5 Å². The van der Waals surface area contributed by atoms with Crippen molar-refractivity contribution in [3.8, 4) is 11.5 Å². The fourth-order valence-corrected chi connectivity index (χ4v) is 6.56. The van der Waals surface area contributed by atoms with E-state index in [4.69, 9.17) is 9.47 Å². The second kappa shape index (κ2) is 8.50. The second-order valence-corrected chi connectivity index (χ2v) is 10.9. The minimum Gasteiger partial charge on any atom is -0.478 e. The van der Waals surface area contributed by atoms with Crippen LogP contribution in [0.15, 0.2) is 42.2 Å². The first-order valence-electron chi connectivity index (χ1n) is 11.4. The minimum absolute atomic E-state index is 0.0737. The Hall–Kier alpha value is -2.84. The molecule has 1 unspecified atom stereocenters. The van der Waals surface area contributed by atoms with E-state index in [0.29, 0.717) is 36.8 Å². The average Bonchev–Trinajstić information content (AvgIpc) is 3.34. The predicted molar refractivity (Wildman–Crippen MR) is 127 cm³/mol. The molecule has 0 bridgehead atoms. The lowest BCUT2D eigenvalue weighted by molar-refractivity contribution is 0.0634. The van der Waals surface area contributed by atoms with Crippen LogP contribution in [0.25, 0.3) is 6.08 Å². The second-order valence-electron chi connectivity index (χ2n) is 8.70. The Balaban J connectivity index is 1.39. The topological polar surface area (TPSA) is 76.2 Å². The summed E-state index contributed by atoms with van der Waals surface area (Å²) in [6, 6.07) is 11.6. The molecule has 0 amide bonds. The molecule has 8 heteroatoms. The third-order valence-electron chi connectivity index (χ3n) is 6.69. The number of benzene rings is 2. The summed E-state index contributed by atoms with van der Waals surface area (Å²) in [6.45, 7) is 6.95. The Bertz CT molecular complexity index is 1220. The molecule has 3 heterocycles. The summed E-state index contributed by atoms with van der Waals surface area (Å²) in [5.74, 6) is 1.70. The van der Waals surface area contributed by atoms with E-state index < -0.39 is 9.84 Å². The van der Waals surface area contributed by atoms with Gasteiger partial charge in [0.15, 0.2) is 15.6 Å². The Morgan fingerprint density at radius 2 is 1.88 bits per heavy atom. The van der Waals surface area contributed by atoms with Crippen LogP contribution in [0.4, 0.5) is 5.69 Å². The Morgan fingerprint density at radius 1 is 1.12 bits per heavy atom. The van der Waals surface area contributed by atoms with Gasteiger partial charge in [0, 0.05) is 31.4 Å². The third kappa shape index (κ3) is 4.13. The van der Waals surface area contributed by atoms with Crippen LogP contribution in [0.1, 0.15) is 41.8 Å². The normalized spacial score (nSPS) is 22.5. The molecule has 2 aromatic carbocycles. The first kappa shape index (κ1) is 22.0. The highest BCUT2D eigenvalue weighted by Crippen LogP contribution is 2.42. The van der Waals surface area contributed by atoms with Crippen molar-refractivity contribution in [2.75, 3.05) is 36.2 Å². The Morgan fingerprint density at radius 3 is 2.55 bits per heavy atom. The van der Waals surface area contributed by atoms with Gasteiger partial charge >= 0.3 is 0 Å². The molecule has 2 aromatic rings. The number of allylic oxidation sites excluding steroid dienone is 1. The first-order chi connectivity index (χ1) is 15.9. The van der Waals surface area contributed by atoms with Gasteiger partial charge in [0.05, 0.1) is 22.6 Å². The molecule has 174 valence electrons. The Kier molecular flexibility index (Phi) is 5.66. The number of Topliss-reactive ketones (excluding diaryl/α,β-unsaturated/α-hetero) is 1. The van der Waals surface area contributed by atoms with Crippen LogP contribution >= 0.6 is 0 Å². The van der Waals surface area contributed by atoms with Gasteiger partial charge in [0.1, 0.15) is 18.2 Å². The van der Waals surface area contributed by atoms with Gasteiger partial charge in [-0.3, -0.25) is 9.69 Å². The van der Waals surface area contributed by atoms with Crippen molar-refractivity contribution in [3.63, 3.8) is 0 Å². The van der Waals surface area contributed by atoms with Crippen LogP contribution < -0.4 is 14.4 Å². The van der Waals surface area contributed by atoms with E-state index in [9.17, 15) is 13.2 Å². The van der Waals surface area contributed by atoms with Crippen LogP contribution in [0.2, 0.25) is 0 Å². The number of anilines is 1. The zero-order valence-corrected chi connectivity index (χ0v) is 19.7. The lowest BCUT2D eigenvalue weighted by Gasteiger charge is -2.33. The lowest BCUT2D eigenvalue weighted by Crippen LogP contribution is -2.41. The number of hydrogen-bond acceptors (Lipinski definition) is 7. The maximum Gasteiger partial charge on any atom is 0.231 e. The van der Waals surface area contributed by atoms with E-state index in [1.807, 2.05) is 17.0 Å². The Labute approximate surface area is 194 Å². The van der Waals surface area contributed by atoms with Crippen molar-refractivity contribution in [3.05, 3.63) is 58.8 Å². The minimum atomic E-state index is -2.99. The van der Waals surface area contributed by atoms with Gasteiger partial charge in [0.2, 0.25) is 5.78 Å². The van der Waals surface area contributed by atoms with Gasteiger partial charge in [-0.25, -0.2) is 8.42 Å². The molecular formula is C25H28N2O5S. The summed E-state index contributed by atoms with van der Waals surface area (Å²) >= 11 is 0. The highest BCUT2D eigenvalue weighted by atomic mass is 32.2. The van der Waals surface area contributed by atoms with Crippen LogP contribution in [0.5, 0.6) is 11.5 Å². The SMILES string of the molecule is CCN(CC)c1ccc(/C=C2/Oc3c(ccc4c3CN(C3CCS(=O)(=O)C3)CO4)C2=O)cc1. The number of nitrogens with zero attached hydrogens (tertiary/aromatic N) is 2. The molecule has 33 heavy (non-hydrogen) atoms. The molecule has 1 saturated heterocycles. The standard InChI is InChI=1S/C25H28N2O5S/c1-3-26(4-2)18-7-5-17(6-8-18)13-23-24(28)20-9-10-22-21(25(20)32-23)14-27(16-31-22)19-11-12-33(29,30)15-19/h5-10,13,19H,3-4,11-12,14-16H2,1-2H3/b23-13+. The maximum absolute atomic E-state index is 13.0. The fourth-order valence-electron chi connectivity index (χ4n) is 4.79. The molecule has 5 rings (SSSR count). The quantitative estimate of drug-likeness (QED) is 0.622. The number of ketones is 1. The monoisotopic (exact) mass is 468 g/mol. The van der Waals surface area contributed by atoms with Crippen molar-refractivity contribution in [1.29, 1.82) is 0 Å². The molecule has 0 aliphatic carbocycles. The van der Waals surface area contributed by atoms with E-state index in [-0.39, 0.29) is 29.1 Å². The van der Waals surface area contributed by atoms with Crippen molar-refractivity contribution < 1.29 is 22.7 Å². The number of sulfone groups is 1. The molecule has 3 aliphatic heterocycles. The van der Waals surface area contributed by atoms with Crippen LogP contribution in [0.3, 0.4) is 0 Å². The highest BCUT2D eigenvalue weighted by Gasteiger charge is 2.38. The van der Waals surface area contributed by atoms with Crippen LogP contribution in [-0.2, 0) is 16.4 Å². The van der Waals surface area contributed by atoms with Gasteiger partial charge in [0.25, 0.3) is 0 Å². The highest BCUT2D eigenvalue weighted by molar-refractivity contribution is 7.91. The summed E-state index contributed by atoms with van der Waals surface area (Å²) < 4.78 is 35.8. The number of fused-ring (bicyclic) bond motifs is 3. The van der Waals surface area contributed by atoms with Gasteiger partial charge in [-0.1, -0.05) is 12.1 Å². The maximum atomic E-state index is 13.0. The third-order valence-corrected chi connectivity index (χ3v) is 8.44. The van der Waals surface area contributed by atoms with Gasteiger partial charge in [-0.05, 0) is 56.2 Å². The van der Waals surface area contributed by atoms with Crippen LogP contribution in [0, 0.1) is 0 Å². The van der Waals surface area contributed by atoms with E-state index in [2.05, 4.69) is 30.9 Å². The molecule has 0 saturated carbocycles. The zero-order valence-electron chi connectivity index (χ0n) is 18.9. The first-order valence-corrected chi connectivity index (χ1v) is 13.2. The number of ether oxygens (including phenoxy) is 2. The van der Waals surface area contributed by atoms with Gasteiger partial charge in [-0.2, -0.15) is 0 Å². The molecule has 1 fully saturated rings. The summed E-state index contributed by atoms with van der Waals surface area (Å²) in [7, 11) is -2.99. The zero-order chi connectivity index (χ0) is 23.2. The summed E-state index contributed by atoms with van der Waals surface area (Å²) in [4.78, 5) is 17.3. The van der Waals surface area contributed by atoms with E-state index in [1.165, 1.54) is 0 Å². The molecule has 0 radical (unpaired) electrons. The van der Waals surface area contributed by atoms with Crippen molar-refractivity contribution in [2.24, 2.45) is 0 Å². The molecule has 0 spiro atoms. The smallest absolute Gasteiger partial charge is 0.231 e. The van der Waals surface area contributed by atoms with Gasteiger partial charge in [-0.15, -0.1) is 0 Å². The molecular weight excluding hydrogens is 440 g/mol. The number of carbonyl (C=O) groups is 1.